The highest BCUT2D eigenvalue weighted by atomic mass is 35.5. The Hall–Kier alpha value is -2.12. The number of carbonyl (C=O) groups excluding carboxylic acids is 1. The molecule has 2 rings (SSSR count). The molecule has 88 valence electrons. The van der Waals surface area contributed by atoms with Crippen molar-refractivity contribution in [3.05, 3.63) is 35.4 Å². The fourth-order valence-electron chi connectivity index (χ4n) is 1.17. The summed E-state index contributed by atoms with van der Waals surface area (Å²) in [5.41, 5.74) is 5.39. The molecule has 0 fully saturated rings. The molecule has 1 amide bonds. The molecule has 0 aliphatic heterocycles. The number of aromatic nitrogens is 2. The van der Waals surface area contributed by atoms with E-state index in [0.717, 1.165) is 5.01 Å². The molecule has 0 spiro atoms. The molecule has 4 N–H and O–H groups in total. The van der Waals surface area contributed by atoms with E-state index in [9.17, 15) is 4.79 Å². The van der Waals surface area contributed by atoms with Crippen LogP contribution in [0.5, 0.6) is 0 Å². The maximum Gasteiger partial charge on any atom is 0.309 e. The van der Waals surface area contributed by atoms with Crippen LogP contribution in [0, 0.1) is 0 Å². The number of carbonyl (C=O) groups is 1. The number of hydrazine groups is 1. The van der Waals surface area contributed by atoms with E-state index in [1.165, 1.54) is 18.4 Å². The third-order valence-corrected chi connectivity index (χ3v) is 2.09. The summed E-state index contributed by atoms with van der Waals surface area (Å²) < 4.78 is 4.92. The van der Waals surface area contributed by atoms with E-state index in [0.29, 0.717) is 0 Å². The van der Waals surface area contributed by atoms with E-state index >= 15 is 0 Å². The number of nitrogen functional groups attached to an aromatic ring is 1. The van der Waals surface area contributed by atoms with Gasteiger partial charge in [0, 0.05) is 6.07 Å². The van der Waals surface area contributed by atoms with E-state index < -0.39 is 5.91 Å². The van der Waals surface area contributed by atoms with Gasteiger partial charge in [-0.2, -0.15) is 4.98 Å². The van der Waals surface area contributed by atoms with E-state index in [4.69, 9.17) is 27.6 Å². The zero-order valence-corrected chi connectivity index (χ0v) is 9.26. The Labute approximate surface area is 101 Å². The second kappa shape index (κ2) is 4.40. The number of rotatable bonds is 2. The van der Waals surface area contributed by atoms with Crippen molar-refractivity contribution in [3.8, 4) is 0 Å². The second-order valence-electron chi connectivity index (χ2n) is 3.06. The third-order valence-electron chi connectivity index (χ3n) is 1.90. The van der Waals surface area contributed by atoms with Gasteiger partial charge in [-0.15, -0.1) is 0 Å². The van der Waals surface area contributed by atoms with Gasteiger partial charge in [0.05, 0.1) is 6.26 Å². The highest BCUT2D eigenvalue weighted by Gasteiger charge is 2.18. The van der Waals surface area contributed by atoms with Gasteiger partial charge >= 0.3 is 5.91 Å². The van der Waals surface area contributed by atoms with Crippen molar-refractivity contribution in [3.63, 3.8) is 0 Å². The molecule has 0 aromatic carbocycles. The molecule has 0 aliphatic carbocycles. The molecule has 0 saturated carbocycles. The minimum absolute atomic E-state index is 0.0739. The molecule has 0 radical (unpaired) electrons. The number of nitrogens with two attached hydrogens (primary N) is 2. The first kappa shape index (κ1) is 11.4. The van der Waals surface area contributed by atoms with Crippen LogP contribution in [0.1, 0.15) is 10.6 Å². The van der Waals surface area contributed by atoms with Crippen LogP contribution in [0.2, 0.25) is 5.15 Å². The summed E-state index contributed by atoms with van der Waals surface area (Å²) in [4.78, 5) is 19.2. The Morgan fingerprint density at radius 2 is 2.24 bits per heavy atom. The van der Waals surface area contributed by atoms with Crippen molar-refractivity contribution in [2.24, 2.45) is 5.84 Å². The number of halogens is 1. The molecule has 2 heterocycles. The van der Waals surface area contributed by atoms with Crippen LogP contribution < -0.4 is 16.6 Å². The Kier molecular flexibility index (Phi) is 2.94. The van der Waals surface area contributed by atoms with Gasteiger partial charge in [-0.05, 0) is 12.1 Å². The van der Waals surface area contributed by atoms with Crippen LogP contribution in [-0.4, -0.2) is 15.9 Å². The molecular weight excluding hydrogens is 246 g/mol. The number of hydrogen-bond donors (Lipinski definition) is 2. The first-order valence-electron chi connectivity index (χ1n) is 4.50. The Morgan fingerprint density at radius 3 is 2.82 bits per heavy atom. The summed E-state index contributed by atoms with van der Waals surface area (Å²) in [6.07, 6.45) is 1.36. The minimum Gasteiger partial charge on any atom is -0.459 e. The normalized spacial score (nSPS) is 10.2. The van der Waals surface area contributed by atoms with Gasteiger partial charge in [0.1, 0.15) is 5.15 Å². The molecule has 0 atom stereocenters. The van der Waals surface area contributed by atoms with Crippen molar-refractivity contribution < 1.29 is 9.21 Å². The summed E-state index contributed by atoms with van der Waals surface area (Å²) >= 11 is 5.68. The fraction of sp³-hybridized carbons (Fsp3) is 0. The lowest BCUT2D eigenvalue weighted by atomic mass is 10.4. The van der Waals surface area contributed by atoms with Gasteiger partial charge in [-0.1, -0.05) is 11.6 Å². The minimum atomic E-state index is -0.566. The van der Waals surface area contributed by atoms with Crippen molar-refractivity contribution in [2.45, 2.75) is 0 Å². The quantitative estimate of drug-likeness (QED) is 0.355. The summed E-state index contributed by atoms with van der Waals surface area (Å²) in [5, 5.41) is 0.873. The van der Waals surface area contributed by atoms with E-state index in [1.807, 2.05) is 0 Å². The molecule has 0 saturated heterocycles. The van der Waals surface area contributed by atoms with Gasteiger partial charge in [0.25, 0.3) is 0 Å². The summed E-state index contributed by atoms with van der Waals surface area (Å²) in [7, 11) is 0. The van der Waals surface area contributed by atoms with Crippen molar-refractivity contribution in [1.29, 1.82) is 0 Å². The Balaban J connectivity index is 2.31. The lowest BCUT2D eigenvalue weighted by molar-refractivity contribution is 0.0959. The molecule has 2 aromatic rings. The van der Waals surface area contributed by atoms with Gasteiger partial charge in [-0.3, -0.25) is 4.79 Å². The zero-order valence-electron chi connectivity index (χ0n) is 8.50. The molecule has 17 heavy (non-hydrogen) atoms. The average Bonchev–Trinajstić information content (AvgIpc) is 2.79. The van der Waals surface area contributed by atoms with Crippen LogP contribution in [0.4, 0.5) is 11.8 Å². The lowest BCUT2D eigenvalue weighted by Gasteiger charge is -2.14. The molecule has 2 aromatic heterocycles. The summed E-state index contributed by atoms with van der Waals surface area (Å²) in [6.45, 7) is 0. The predicted octanol–water partition coefficient (Wildman–Crippen LogP) is 0.826. The lowest BCUT2D eigenvalue weighted by Crippen LogP contribution is -2.38. The molecule has 8 heteroatoms. The number of furan rings is 1. The monoisotopic (exact) mass is 253 g/mol. The Bertz CT molecular complexity index is 522. The van der Waals surface area contributed by atoms with E-state index in [-0.39, 0.29) is 22.7 Å². The number of amides is 1. The van der Waals surface area contributed by atoms with Crippen LogP contribution in [0.25, 0.3) is 0 Å². The molecular formula is C9H8ClN5O2. The molecule has 0 bridgehead atoms. The summed E-state index contributed by atoms with van der Waals surface area (Å²) in [5.74, 6) is 5.12. The number of nitrogens with zero attached hydrogens (tertiary/aromatic N) is 3. The smallest absolute Gasteiger partial charge is 0.309 e. The highest BCUT2D eigenvalue weighted by Crippen LogP contribution is 2.16. The molecule has 7 nitrogen and oxygen atoms in total. The van der Waals surface area contributed by atoms with Crippen LogP contribution in [0.3, 0.4) is 0 Å². The maximum absolute atomic E-state index is 11.8. The number of anilines is 2. The Morgan fingerprint density at radius 1 is 1.47 bits per heavy atom. The zero-order chi connectivity index (χ0) is 12.4. The molecule has 0 unspecified atom stereocenters. The molecule has 0 aliphatic rings. The predicted molar refractivity (Wildman–Crippen MR) is 61.2 cm³/mol. The second-order valence-corrected chi connectivity index (χ2v) is 3.45. The maximum atomic E-state index is 11.8. The first-order valence-corrected chi connectivity index (χ1v) is 4.88. The van der Waals surface area contributed by atoms with Crippen LogP contribution in [0.15, 0.2) is 28.9 Å². The van der Waals surface area contributed by atoms with Gasteiger partial charge in [-0.25, -0.2) is 15.8 Å². The van der Waals surface area contributed by atoms with Crippen molar-refractivity contribution in [2.75, 3.05) is 10.7 Å². The van der Waals surface area contributed by atoms with E-state index in [1.54, 1.807) is 6.07 Å². The van der Waals surface area contributed by atoms with Gasteiger partial charge in [0.15, 0.2) is 11.6 Å². The van der Waals surface area contributed by atoms with Gasteiger partial charge in [0.2, 0.25) is 5.95 Å². The topological polar surface area (TPSA) is 111 Å². The standard InChI is InChI=1S/C9H8ClN5O2/c10-6-4-7(14-9(11)13-6)15(12)8(16)5-2-1-3-17-5/h1-4H,12H2,(H2,11,13,14). The van der Waals surface area contributed by atoms with Crippen molar-refractivity contribution in [1.82, 2.24) is 9.97 Å². The average molecular weight is 254 g/mol. The van der Waals surface area contributed by atoms with Gasteiger partial charge < -0.3 is 10.2 Å². The first-order chi connectivity index (χ1) is 8.08. The largest absolute Gasteiger partial charge is 0.459 e. The SMILES string of the molecule is Nc1nc(Cl)cc(N(N)C(=O)c2ccco2)n1. The number of hydrogen-bond acceptors (Lipinski definition) is 6. The van der Waals surface area contributed by atoms with Crippen LogP contribution in [-0.2, 0) is 0 Å². The van der Waals surface area contributed by atoms with Crippen LogP contribution >= 0.6 is 11.6 Å². The third kappa shape index (κ3) is 2.35. The highest BCUT2D eigenvalue weighted by molar-refractivity contribution is 6.29. The fourth-order valence-corrected chi connectivity index (χ4v) is 1.35. The summed E-state index contributed by atoms with van der Waals surface area (Å²) in [6, 6.07) is 4.37. The van der Waals surface area contributed by atoms with E-state index in [2.05, 4.69) is 9.97 Å². The van der Waals surface area contributed by atoms with Crippen molar-refractivity contribution >= 4 is 29.3 Å².